The molecule has 0 aliphatic heterocycles. The summed E-state index contributed by atoms with van der Waals surface area (Å²) in [7, 11) is 0. The van der Waals surface area contributed by atoms with E-state index in [2.05, 4.69) is 0 Å². The Bertz CT molecular complexity index is 408. The maximum atomic E-state index is 10.9. The fraction of sp³-hybridized carbons (Fsp3) is 0.455. The van der Waals surface area contributed by atoms with Crippen molar-refractivity contribution >= 4 is 17.4 Å². The Balaban J connectivity index is 3.09. The van der Waals surface area contributed by atoms with Gasteiger partial charge in [0.2, 0.25) is 0 Å². The van der Waals surface area contributed by atoms with E-state index in [1.54, 1.807) is 26.0 Å². The molecule has 6 heteroatoms. The molecule has 0 radical (unpaired) electrons. The van der Waals surface area contributed by atoms with Gasteiger partial charge in [-0.1, -0.05) is 13.0 Å². The Morgan fingerprint density at radius 3 is 2.59 bits per heavy atom. The molecule has 5 nitrogen and oxygen atoms in total. The lowest BCUT2D eigenvalue weighted by atomic mass is 10.1. The highest BCUT2D eigenvalue weighted by Crippen LogP contribution is 2.33. The van der Waals surface area contributed by atoms with E-state index in [1.165, 1.54) is 17.8 Å². The Hall–Kier alpha value is -1.11. The van der Waals surface area contributed by atoms with E-state index in [0.29, 0.717) is 10.5 Å². The molecule has 0 aromatic heterocycles. The van der Waals surface area contributed by atoms with Crippen LogP contribution in [0, 0.1) is 10.1 Å². The van der Waals surface area contributed by atoms with Crippen LogP contribution in [0.2, 0.25) is 0 Å². The van der Waals surface area contributed by atoms with Gasteiger partial charge in [0.05, 0.1) is 22.5 Å². The standard InChI is InChI=1S/C11H15NO4S/c1-7(6-13)17-11-4-3-9(8(2)14)5-10(11)12(15)16/h3-5,7-8,13-14H,6H2,1-2H3. The zero-order chi connectivity index (χ0) is 13.0. The Labute approximate surface area is 104 Å². The topological polar surface area (TPSA) is 83.6 Å². The van der Waals surface area contributed by atoms with Crippen LogP contribution in [0.15, 0.2) is 23.1 Å². The SMILES string of the molecule is CC(CO)Sc1ccc(C(C)O)cc1[N+](=O)[O-]. The quantitative estimate of drug-likeness (QED) is 0.479. The molecule has 0 aliphatic carbocycles. The molecule has 0 amide bonds. The van der Waals surface area contributed by atoms with E-state index in [4.69, 9.17) is 5.11 Å². The molecule has 1 rings (SSSR count). The number of nitrogens with zero attached hydrogens (tertiary/aromatic N) is 1. The highest BCUT2D eigenvalue weighted by Gasteiger charge is 2.18. The van der Waals surface area contributed by atoms with E-state index in [0.717, 1.165) is 0 Å². The van der Waals surface area contributed by atoms with Gasteiger partial charge in [0.15, 0.2) is 0 Å². The highest BCUT2D eigenvalue weighted by atomic mass is 32.2. The van der Waals surface area contributed by atoms with Gasteiger partial charge in [-0.05, 0) is 18.6 Å². The summed E-state index contributed by atoms with van der Waals surface area (Å²) in [4.78, 5) is 10.9. The van der Waals surface area contributed by atoms with Gasteiger partial charge in [0.1, 0.15) is 0 Å². The number of hydrogen-bond acceptors (Lipinski definition) is 5. The number of rotatable bonds is 5. The average Bonchev–Trinajstić information content (AvgIpc) is 2.28. The smallest absolute Gasteiger partial charge is 0.283 e. The number of aliphatic hydroxyl groups is 2. The first-order valence-corrected chi connectivity index (χ1v) is 6.07. The molecule has 0 saturated carbocycles. The highest BCUT2D eigenvalue weighted by molar-refractivity contribution is 8.00. The molecule has 2 N–H and O–H groups in total. The van der Waals surface area contributed by atoms with Gasteiger partial charge < -0.3 is 10.2 Å². The molecule has 1 aromatic rings. The second-order valence-corrected chi connectivity index (χ2v) is 5.25. The minimum Gasteiger partial charge on any atom is -0.395 e. The van der Waals surface area contributed by atoms with E-state index in [1.807, 2.05) is 0 Å². The largest absolute Gasteiger partial charge is 0.395 e. The molecule has 0 aliphatic rings. The van der Waals surface area contributed by atoms with Crippen molar-refractivity contribution in [3.8, 4) is 0 Å². The fourth-order valence-corrected chi connectivity index (χ4v) is 2.20. The number of benzene rings is 1. The van der Waals surface area contributed by atoms with E-state index < -0.39 is 11.0 Å². The first-order chi connectivity index (χ1) is 7.95. The van der Waals surface area contributed by atoms with Crippen molar-refractivity contribution < 1.29 is 15.1 Å². The Morgan fingerprint density at radius 2 is 2.12 bits per heavy atom. The van der Waals surface area contributed by atoms with Crippen LogP contribution in [0.5, 0.6) is 0 Å². The minimum atomic E-state index is -0.733. The van der Waals surface area contributed by atoms with Gasteiger partial charge in [0.25, 0.3) is 5.69 Å². The summed E-state index contributed by atoms with van der Waals surface area (Å²) in [5.41, 5.74) is 0.478. The fourth-order valence-electron chi connectivity index (χ4n) is 1.29. The first-order valence-electron chi connectivity index (χ1n) is 5.19. The first kappa shape index (κ1) is 14.0. The molecule has 0 bridgehead atoms. The van der Waals surface area contributed by atoms with Crippen LogP contribution in [-0.2, 0) is 0 Å². The number of hydrogen-bond donors (Lipinski definition) is 2. The monoisotopic (exact) mass is 257 g/mol. The van der Waals surface area contributed by atoms with Crippen molar-refractivity contribution in [1.29, 1.82) is 0 Å². The predicted molar refractivity (Wildman–Crippen MR) is 66.1 cm³/mol. The van der Waals surface area contributed by atoms with Gasteiger partial charge in [-0.15, -0.1) is 11.8 Å². The third kappa shape index (κ3) is 3.69. The van der Waals surface area contributed by atoms with E-state index in [9.17, 15) is 15.2 Å². The zero-order valence-corrected chi connectivity index (χ0v) is 10.5. The summed E-state index contributed by atoms with van der Waals surface area (Å²) in [5.74, 6) is 0. The molecular formula is C11H15NO4S. The number of thioether (sulfide) groups is 1. The molecule has 0 spiro atoms. The number of aliphatic hydroxyl groups excluding tert-OH is 2. The van der Waals surface area contributed by atoms with Crippen LogP contribution in [0.3, 0.4) is 0 Å². The average molecular weight is 257 g/mol. The molecule has 94 valence electrons. The second kappa shape index (κ2) is 6.00. The third-order valence-electron chi connectivity index (χ3n) is 2.25. The molecular weight excluding hydrogens is 242 g/mol. The summed E-state index contributed by atoms with van der Waals surface area (Å²) < 4.78 is 0. The van der Waals surface area contributed by atoms with E-state index >= 15 is 0 Å². The van der Waals surface area contributed by atoms with Crippen molar-refractivity contribution in [3.05, 3.63) is 33.9 Å². The van der Waals surface area contributed by atoms with Gasteiger partial charge in [-0.25, -0.2) is 0 Å². The van der Waals surface area contributed by atoms with Crippen LogP contribution in [-0.4, -0.2) is 27.0 Å². The number of nitro groups is 1. The minimum absolute atomic E-state index is 0.0336. The maximum Gasteiger partial charge on any atom is 0.283 e. The Morgan fingerprint density at radius 1 is 1.47 bits per heavy atom. The number of nitro benzene ring substituents is 1. The van der Waals surface area contributed by atoms with Crippen LogP contribution >= 0.6 is 11.8 Å². The molecule has 0 saturated heterocycles. The summed E-state index contributed by atoms with van der Waals surface area (Å²) >= 11 is 1.25. The Kier molecular flexibility index (Phi) is 4.92. The summed E-state index contributed by atoms with van der Waals surface area (Å²) in [6.45, 7) is 3.30. The van der Waals surface area contributed by atoms with Crippen LogP contribution < -0.4 is 0 Å². The predicted octanol–water partition coefficient (Wildman–Crippen LogP) is 2.12. The lowest BCUT2D eigenvalue weighted by molar-refractivity contribution is -0.387. The zero-order valence-electron chi connectivity index (χ0n) is 9.66. The van der Waals surface area contributed by atoms with E-state index in [-0.39, 0.29) is 17.5 Å². The van der Waals surface area contributed by atoms with Crippen molar-refractivity contribution in [2.45, 2.75) is 30.1 Å². The van der Waals surface area contributed by atoms with Crippen molar-refractivity contribution in [1.82, 2.24) is 0 Å². The van der Waals surface area contributed by atoms with Gasteiger partial charge in [-0.3, -0.25) is 10.1 Å². The third-order valence-corrected chi connectivity index (χ3v) is 3.40. The van der Waals surface area contributed by atoms with Crippen molar-refractivity contribution in [2.24, 2.45) is 0 Å². The summed E-state index contributed by atoms with van der Waals surface area (Å²) in [6.07, 6.45) is -0.733. The molecule has 2 atom stereocenters. The van der Waals surface area contributed by atoms with Crippen LogP contribution in [0.25, 0.3) is 0 Å². The second-order valence-electron chi connectivity index (χ2n) is 3.77. The summed E-state index contributed by atoms with van der Waals surface area (Å²) in [5, 5.41) is 29.1. The van der Waals surface area contributed by atoms with Crippen LogP contribution in [0.4, 0.5) is 5.69 Å². The molecule has 17 heavy (non-hydrogen) atoms. The van der Waals surface area contributed by atoms with Gasteiger partial charge >= 0.3 is 0 Å². The maximum absolute atomic E-state index is 10.9. The van der Waals surface area contributed by atoms with Gasteiger partial charge in [-0.2, -0.15) is 0 Å². The summed E-state index contributed by atoms with van der Waals surface area (Å²) in [6, 6.07) is 4.64. The lowest BCUT2D eigenvalue weighted by Crippen LogP contribution is -2.03. The van der Waals surface area contributed by atoms with Crippen molar-refractivity contribution in [3.63, 3.8) is 0 Å². The van der Waals surface area contributed by atoms with Crippen LogP contribution in [0.1, 0.15) is 25.5 Å². The lowest BCUT2D eigenvalue weighted by Gasteiger charge is -2.10. The van der Waals surface area contributed by atoms with Gasteiger partial charge in [0, 0.05) is 11.3 Å². The molecule has 0 heterocycles. The molecule has 1 aromatic carbocycles. The molecule has 2 unspecified atom stereocenters. The normalized spacial score (nSPS) is 14.4. The molecule has 0 fully saturated rings. The van der Waals surface area contributed by atoms with Crippen molar-refractivity contribution in [2.75, 3.05) is 6.61 Å².